The van der Waals surface area contributed by atoms with Gasteiger partial charge in [0.15, 0.2) is 6.10 Å². The van der Waals surface area contributed by atoms with Gasteiger partial charge in [-0.25, -0.2) is 4.39 Å². The van der Waals surface area contributed by atoms with Crippen molar-refractivity contribution in [1.82, 2.24) is 4.90 Å². The van der Waals surface area contributed by atoms with Crippen LogP contribution in [-0.2, 0) is 24.1 Å². The van der Waals surface area contributed by atoms with Crippen molar-refractivity contribution >= 4 is 17.5 Å². The number of nitrogens with zero attached hydrogens (tertiary/aromatic N) is 1. The molecule has 5 nitrogen and oxygen atoms in total. The molecule has 176 valence electrons. The molecule has 4 rings (SSSR count). The van der Waals surface area contributed by atoms with Gasteiger partial charge in [0.25, 0.3) is 11.8 Å². The Hall–Kier alpha value is -3.88. The molecule has 0 radical (unpaired) electrons. The molecule has 1 aliphatic heterocycles. The molecule has 1 N–H and O–H groups in total. The zero-order chi connectivity index (χ0) is 24.5. The molecule has 2 amide bonds. The van der Waals surface area contributed by atoms with E-state index in [4.69, 9.17) is 4.74 Å². The van der Waals surface area contributed by atoms with Gasteiger partial charge in [-0.15, -0.1) is 0 Å². The Balaban J connectivity index is 1.56. The van der Waals surface area contributed by atoms with Gasteiger partial charge in [0.2, 0.25) is 0 Å². The van der Waals surface area contributed by atoms with Crippen LogP contribution in [0.5, 0.6) is 5.75 Å². The van der Waals surface area contributed by atoms with Gasteiger partial charge in [0.05, 0.1) is 5.56 Å². The standard InChI is InChI=1S/C25H20F4N2O3/c1-15-24(33)31(13-16-3-2-4-19(11-16)25(27,28)29)14-18-12-21(9-10-22(18)34-15)30-23(32)17-5-7-20(26)8-6-17/h2-12,15H,13-14H2,1H3,(H,30,32). The number of halogens is 4. The van der Waals surface area contributed by atoms with Crippen LogP contribution < -0.4 is 10.1 Å². The van der Waals surface area contributed by atoms with E-state index >= 15 is 0 Å². The Labute approximate surface area is 193 Å². The second-order valence-electron chi connectivity index (χ2n) is 7.94. The maximum Gasteiger partial charge on any atom is 0.416 e. The predicted molar refractivity (Wildman–Crippen MR) is 117 cm³/mol. The van der Waals surface area contributed by atoms with Crippen LogP contribution in [0.4, 0.5) is 23.2 Å². The second kappa shape index (κ2) is 9.17. The summed E-state index contributed by atoms with van der Waals surface area (Å²) in [5.74, 6) is -0.837. The van der Waals surface area contributed by atoms with Crippen molar-refractivity contribution in [3.8, 4) is 5.75 Å². The first-order valence-electron chi connectivity index (χ1n) is 10.4. The number of ether oxygens (including phenoxy) is 1. The largest absolute Gasteiger partial charge is 0.481 e. The number of fused-ring (bicyclic) bond motifs is 1. The van der Waals surface area contributed by atoms with Gasteiger partial charge >= 0.3 is 6.18 Å². The maximum atomic E-state index is 13.1. The molecule has 9 heteroatoms. The molecule has 1 atom stereocenters. The topological polar surface area (TPSA) is 58.6 Å². The minimum absolute atomic E-state index is 0.0396. The lowest BCUT2D eigenvalue weighted by atomic mass is 10.1. The average Bonchev–Trinajstić information content (AvgIpc) is 2.90. The summed E-state index contributed by atoms with van der Waals surface area (Å²) in [6.07, 6.45) is -5.33. The van der Waals surface area contributed by atoms with E-state index in [9.17, 15) is 27.2 Å². The van der Waals surface area contributed by atoms with E-state index in [1.165, 1.54) is 41.3 Å². The summed E-state index contributed by atoms with van der Waals surface area (Å²) in [7, 11) is 0. The number of amides is 2. The molecule has 0 saturated carbocycles. The smallest absolute Gasteiger partial charge is 0.416 e. The monoisotopic (exact) mass is 472 g/mol. The molecular formula is C25H20F4N2O3. The normalized spacial score (nSPS) is 15.9. The Morgan fingerprint density at radius 2 is 1.82 bits per heavy atom. The van der Waals surface area contributed by atoms with Crippen LogP contribution in [-0.4, -0.2) is 22.8 Å². The molecule has 0 fully saturated rings. The van der Waals surface area contributed by atoms with E-state index in [-0.39, 0.29) is 24.6 Å². The molecule has 1 heterocycles. The summed E-state index contributed by atoms with van der Waals surface area (Å²) in [5, 5.41) is 2.71. The predicted octanol–water partition coefficient (Wildman–Crippen LogP) is 5.41. The molecular weight excluding hydrogens is 452 g/mol. The van der Waals surface area contributed by atoms with Crippen molar-refractivity contribution in [3.05, 3.63) is 94.8 Å². The zero-order valence-corrected chi connectivity index (χ0v) is 18.0. The second-order valence-corrected chi connectivity index (χ2v) is 7.94. The fraction of sp³-hybridized carbons (Fsp3) is 0.200. The van der Waals surface area contributed by atoms with Crippen LogP contribution in [0.1, 0.15) is 34.0 Å². The lowest BCUT2D eigenvalue weighted by Crippen LogP contribution is -2.37. The van der Waals surface area contributed by atoms with E-state index in [0.717, 1.165) is 12.1 Å². The van der Waals surface area contributed by atoms with E-state index in [0.29, 0.717) is 22.6 Å². The average molecular weight is 472 g/mol. The highest BCUT2D eigenvalue weighted by atomic mass is 19.4. The highest BCUT2D eigenvalue weighted by Gasteiger charge is 2.32. The number of benzene rings is 3. The molecule has 0 saturated heterocycles. The van der Waals surface area contributed by atoms with Crippen LogP contribution in [0, 0.1) is 5.82 Å². The van der Waals surface area contributed by atoms with Gasteiger partial charge in [-0.05, 0) is 67.1 Å². The van der Waals surface area contributed by atoms with Gasteiger partial charge in [0.1, 0.15) is 11.6 Å². The number of hydrogen-bond acceptors (Lipinski definition) is 3. The highest BCUT2D eigenvalue weighted by Crippen LogP contribution is 2.32. The van der Waals surface area contributed by atoms with Crippen LogP contribution >= 0.6 is 0 Å². The highest BCUT2D eigenvalue weighted by molar-refractivity contribution is 6.04. The van der Waals surface area contributed by atoms with Crippen molar-refractivity contribution in [1.29, 1.82) is 0 Å². The minimum atomic E-state index is -4.49. The summed E-state index contributed by atoms with van der Waals surface area (Å²) >= 11 is 0. The first-order valence-corrected chi connectivity index (χ1v) is 10.4. The molecule has 3 aromatic rings. The molecule has 0 spiro atoms. The minimum Gasteiger partial charge on any atom is -0.481 e. The summed E-state index contributed by atoms with van der Waals surface area (Å²) in [4.78, 5) is 26.7. The number of alkyl halides is 3. The van der Waals surface area contributed by atoms with E-state index in [2.05, 4.69) is 5.32 Å². The van der Waals surface area contributed by atoms with Crippen LogP contribution in [0.2, 0.25) is 0 Å². The molecule has 0 bridgehead atoms. The fourth-order valence-electron chi connectivity index (χ4n) is 3.68. The first kappa shape index (κ1) is 23.3. The van der Waals surface area contributed by atoms with Gasteiger partial charge < -0.3 is 15.0 Å². The summed E-state index contributed by atoms with van der Waals surface area (Å²) in [6, 6.07) is 14.8. The van der Waals surface area contributed by atoms with E-state index in [1.807, 2.05) is 0 Å². The van der Waals surface area contributed by atoms with E-state index < -0.39 is 29.6 Å². The third kappa shape index (κ3) is 5.19. The summed E-state index contributed by atoms with van der Waals surface area (Å²) in [6.45, 7) is 1.61. The summed E-state index contributed by atoms with van der Waals surface area (Å²) < 4.78 is 58.1. The molecule has 1 aliphatic rings. The third-order valence-electron chi connectivity index (χ3n) is 5.38. The zero-order valence-electron chi connectivity index (χ0n) is 18.0. The van der Waals surface area contributed by atoms with Gasteiger partial charge in [-0.2, -0.15) is 13.2 Å². The van der Waals surface area contributed by atoms with Crippen molar-refractivity contribution in [2.75, 3.05) is 5.32 Å². The van der Waals surface area contributed by atoms with Gasteiger partial charge in [-0.3, -0.25) is 9.59 Å². The van der Waals surface area contributed by atoms with Gasteiger partial charge in [-0.1, -0.05) is 12.1 Å². The molecule has 34 heavy (non-hydrogen) atoms. The van der Waals surface area contributed by atoms with Crippen molar-refractivity contribution in [3.63, 3.8) is 0 Å². The first-order chi connectivity index (χ1) is 16.1. The molecule has 3 aromatic carbocycles. The number of carbonyl (C=O) groups is 2. The Morgan fingerprint density at radius 3 is 2.53 bits per heavy atom. The maximum absolute atomic E-state index is 13.1. The lowest BCUT2D eigenvalue weighted by Gasteiger charge is -2.22. The lowest BCUT2D eigenvalue weighted by molar-refractivity contribution is -0.138. The van der Waals surface area contributed by atoms with Gasteiger partial charge in [0, 0.05) is 29.9 Å². The number of rotatable bonds is 4. The summed E-state index contributed by atoms with van der Waals surface area (Å²) in [5.41, 5.74) is 0.823. The van der Waals surface area contributed by atoms with Crippen molar-refractivity contribution in [2.45, 2.75) is 32.3 Å². The third-order valence-corrected chi connectivity index (χ3v) is 5.38. The molecule has 1 unspecified atom stereocenters. The van der Waals surface area contributed by atoms with Crippen LogP contribution in [0.3, 0.4) is 0 Å². The molecule has 0 aromatic heterocycles. The Bertz CT molecular complexity index is 1230. The number of carbonyl (C=O) groups excluding carboxylic acids is 2. The number of hydrogen-bond donors (Lipinski definition) is 1. The van der Waals surface area contributed by atoms with Crippen molar-refractivity contribution in [2.24, 2.45) is 0 Å². The van der Waals surface area contributed by atoms with Crippen LogP contribution in [0.15, 0.2) is 66.7 Å². The Morgan fingerprint density at radius 1 is 1.09 bits per heavy atom. The van der Waals surface area contributed by atoms with E-state index in [1.54, 1.807) is 25.1 Å². The SMILES string of the molecule is CC1Oc2ccc(NC(=O)c3ccc(F)cc3)cc2CN(Cc2cccc(C(F)(F)F)c2)C1=O. The van der Waals surface area contributed by atoms with Crippen molar-refractivity contribution < 1.29 is 31.9 Å². The fourth-order valence-corrected chi connectivity index (χ4v) is 3.68. The van der Waals surface area contributed by atoms with Crippen LogP contribution in [0.25, 0.3) is 0 Å². The quantitative estimate of drug-likeness (QED) is 0.517. The molecule has 0 aliphatic carbocycles. The number of anilines is 1. The Kier molecular flexibility index (Phi) is 6.28. The number of nitrogens with one attached hydrogen (secondary N) is 1.